The van der Waals surface area contributed by atoms with E-state index >= 15 is 0 Å². The summed E-state index contributed by atoms with van der Waals surface area (Å²) in [7, 11) is -3.47. The first kappa shape index (κ1) is 14.3. The van der Waals surface area contributed by atoms with Crippen LogP contribution in [0.15, 0.2) is 29.2 Å². The second-order valence-electron chi connectivity index (χ2n) is 2.53. The van der Waals surface area contributed by atoms with Crippen molar-refractivity contribution >= 4 is 25.1 Å². The van der Waals surface area contributed by atoms with Crippen molar-refractivity contribution in [3.05, 3.63) is 24.3 Å². The summed E-state index contributed by atoms with van der Waals surface area (Å²) < 4.78 is 36.5. The molecule has 0 aliphatic rings. The van der Waals surface area contributed by atoms with Crippen LogP contribution in [0.3, 0.4) is 0 Å². The van der Waals surface area contributed by atoms with Crippen LogP contribution in [0.5, 0.6) is 0 Å². The second-order valence-corrected chi connectivity index (χ2v) is 5.59. The van der Waals surface area contributed by atoms with Crippen molar-refractivity contribution in [1.82, 2.24) is 0 Å². The standard InChI is InChI=1S/C7H10O4SSi.Na/c1-11-13-7-4-2-6(3-5-7)12(8,9)10;/h2-5H,13H2,1H3,(H,8,9,10);/q;+1/p-1. The van der Waals surface area contributed by atoms with E-state index in [1.165, 1.54) is 12.1 Å². The van der Waals surface area contributed by atoms with Gasteiger partial charge in [-0.25, -0.2) is 8.42 Å². The summed E-state index contributed by atoms with van der Waals surface area (Å²) in [5, 5.41) is 0.968. The zero-order valence-electron chi connectivity index (χ0n) is 8.06. The van der Waals surface area contributed by atoms with Crippen LogP contribution in [0.25, 0.3) is 0 Å². The van der Waals surface area contributed by atoms with Gasteiger partial charge >= 0.3 is 29.6 Å². The fourth-order valence-electron chi connectivity index (χ4n) is 0.919. The zero-order chi connectivity index (χ0) is 9.90. The maximum Gasteiger partial charge on any atom is 1.00 e. The molecule has 0 atom stereocenters. The minimum Gasteiger partial charge on any atom is -0.744 e. The molecule has 0 heterocycles. The zero-order valence-corrected chi connectivity index (χ0v) is 12.3. The van der Waals surface area contributed by atoms with Gasteiger partial charge in [-0.2, -0.15) is 0 Å². The molecule has 1 rings (SSSR count). The predicted octanol–water partition coefficient (Wildman–Crippen LogP) is -4.05. The van der Waals surface area contributed by atoms with Crippen LogP contribution in [0.4, 0.5) is 0 Å². The maximum atomic E-state index is 10.5. The molecule has 0 saturated heterocycles. The third-order valence-corrected chi connectivity index (χ3v) is 3.47. The van der Waals surface area contributed by atoms with Crippen LogP contribution in [0.1, 0.15) is 0 Å². The fraction of sp³-hybridized carbons (Fsp3) is 0.143. The molecule has 0 bridgehead atoms. The van der Waals surface area contributed by atoms with Crippen molar-refractivity contribution in [2.45, 2.75) is 4.90 Å². The molecule has 0 amide bonds. The topological polar surface area (TPSA) is 66.4 Å². The van der Waals surface area contributed by atoms with Crippen molar-refractivity contribution in [2.75, 3.05) is 7.11 Å². The van der Waals surface area contributed by atoms with Gasteiger partial charge in [0.25, 0.3) is 0 Å². The van der Waals surface area contributed by atoms with Gasteiger partial charge in [-0.3, -0.25) is 0 Å². The van der Waals surface area contributed by atoms with E-state index in [-0.39, 0.29) is 34.5 Å². The van der Waals surface area contributed by atoms with E-state index in [1.54, 1.807) is 19.2 Å². The molecule has 1 aromatic rings. The van der Waals surface area contributed by atoms with Crippen molar-refractivity contribution in [2.24, 2.45) is 0 Å². The molecular weight excluding hydrogens is 231 g/mol. The second kappa shape index (κ2) is 6.01. The van der Waals surface area contributed by atoms with Gasteiger partial charge in [0.15, 0.2) is 9.76 Å². The molecule has 0 aliphatic heterocycles. The van der Waals surface area contributed by atoms with Gasteiger partial charge in [-0.15, -0.1) is 0 Å². The van der Waals surface area contributed by atoms with E-state index in [4.69, 9.17) is 4.43 Å². The molecule has 0 radical (unpaired) electrons. The average Bonchev–Trinajstić information content (AvgIpc) is 2.04. The molecule has 14 heavy (non-hydrogen) atoms. The summed E-state index contributed by atoms with van der Waals surface area (Å²) >= 11 is 0. The van der Waals surface area contributed by atoms with Gasteiger partial charge in [-0.05, 0) is 17.3 Å². The number of rotatable bonds is 3. The van der Waals surface area contributed by atoms with Crippen LogP contribution < -0.4 is 34.7 Å². The summed E-state index contributed by atoms with van der Waals surface area (Å²) in [6.45, 7) is 0. The first-order valence-corrected chi connectivity index (χ1v) is 6.27. The molecule has 7 heteroatoms. The molecule has 0 fully saturated rings. The average molecular weight is 240 g/mol. The predicted molar refractivity (Wildman–Crippen MR) is 49.6 cm³/mol. The molecule has 4 nitrogen and oxygen atoms in total. The summed E-state index contributed by atoms with van der Waals surface area (Å²) in [5.41, 5.74) is 0. The van der Waals surface area contributed by atoms with Crippen molar-refractivity contribution in [1.29, 1.82) is 0 Å². The largest absolute Gasteiger partial charge is 1.00 e. The summed E-state index contributed by atoms with van der Waals surface area (Å²) in [4.78, 5) is -0.193. The van der Waals surface area contributed by atoms with Crippen molar-refractivity contribution < 1.29 is 47.0 Å². The minimum atomic E-state index is -4.31. The molecule has 0 spiro atoms. The summed E-state index contributed by atoms with van der Waals surface area (Å²) in [6, 6.07) is 5.84. The van der Waals surface area contributed by atoms with Gasteiger partial charge in [-0.1, -0.05) is 12.1 Å². The van der Waals surface area contributed by atoms with Crippen LogP contribution >= 0.6 is 0 Å². The Balaban J connectivity index is 0.00000169. The van der Waals surface area contributed by atoms with E-state index in [2.05, 4.69) is 0 Å². The Kier molecular flexibility index (Phi) is 6.15. The molecular formula is C7H9NaO4SSi. The van der Waals surface area contributed by atoms with E-state index in [0.717, 1.165) is 5.19 Å². The molecule has 0 aliphatic carbocycles. The Morgan fingerprint density at radius 1 is 1.29 bits per heavy atom. The normalized spacial score (nSPS) is 11.6. The van der Waals surface area contributed by atoms with Crippen molar-refractivity contribution in [3.8, 4) is 0 Å². The minimum absolute atomic E-state index is 0. The number of benzene rings is 1. The fourth-order valence-corrected chi connectivity index (χ4v) is 2.15. The van der Waals surface area contributed by atoms with Gasteiger partial charge in [0.2, 0.25) is 0 Å². The Bertz CT molecular complexity index is 375. The smallest absolute Gasteiger partial charge is 0.744 e. The Morgan fingerprint density at radius 2 is 1.79 bits per heavy atom. The van der Waals surface area contributed by atoms with Crippen molar-refractivity contribution in [3.63, 3.8) is 0 Å². The molecule has 1 aromatic carbocycles. The molecule has 0 aromatic heterocycles. The van der Waals surface area contributed by atoms with Crippen LogP contribution in [-0.4, -0.2) is 29.8 Å². The van der Waals surface area contributed by atoms with Gasteiger partial charge in [0.1, 0.15) is 10.1 Å². The maximum absolute atomic E-state index is 10.5. The number of hydrogen-bond donors (Lipinski definition) is 0. The van der Waals surface area contributed by atoms with Crippen LogP contribution in [0, 0.1) is 0 Å². The van der Waals surface area contributed by atoms with Crippen LogP contribution in [-0.2, 0) is 14.5 Å². The third kappa shape index (κ3) is 4.22. The number of hydrogen-bond acceptors (Lipinski definition) is 4. The molecule has 0 saturated carbocycles. The van der Waals surface area contributed by atoms with Gasteiger partial charge in [0, 0.05) is 7.11 Å². The Morgan fingerprint density at radius 3 is 2.14 bits per heavy atom. The van der Waals surface area contributed by atoms with Crippen LogP contribution in [0.2, 0.25) is 0 Å². The first-order valence-electron chi connectivity index (χ1n) is 3.58. The van der Waals surface area contributed by atoms with E-state index in [1.807, 2.05) is 0 Å². The van der Waals surface area contributed by atoms with Gasteiger partial charge < -0.3 is 8.98 Å². The Labute approximate surface area is 108 Å². The van der Waals surface area contributed by atoms with E-state index in [9.17, 15) is 13.0 Å². The SMILES string of the molecule is CO[SiH2]c1ccc(S(=O)(=O)[O-])cc1.[Na+]. The quantitative estimate of drug-likeness (QED) is 0.398. The molecule has 72 valence electrons. The first-order chi connectivity index (χ1) is 6.04. The van der Waals surface area contributed by atoms with Gasteiger partial charge in [0.05, 0.1) is 4.90 Å². The summed E-state index contributed by atoms with van der Waals surface area (Å²) in [5.74, 6) is 0. The summed E-state index contributed by atoms with van der Waals surface area (Å²) in [6.07, 6.45) is 0. The van der Waals surface area contributed by atoms with E-state index in [0.29, 0.717) is 0 Å². The molecule has 0 N–H and O–H groups in total. The monoisotopic (exact) mass is 240 g/mol. The third-order valence-electron chi connectivity index (χ3n) is 1.52. The molecule has 0 unspecified atom stereocenters. The Hall–Kier alpha value is 0.307. The van der Waals surface area contributed by atoms with E-state index < -0.39 is 19.9 Å².